The van der Waals surface area contributed by atoms with Crippen LogP contribution in [0.25, 0.3) is 44.4 Å². The van der Waals surface area contributed by atoms with Crippen LogP contribution in [0.4, 0.5) is 0 Å². The number of aliphatic hydroxyl groups is 1. The van der Waals surface area contributed by atoms with Crippen molar-refractivity contribution >= 4 is 81.6 Å². The van der Waals surface area contributed by atoms with Gasteiger partial charge in [-0.25, -0.2) is 9.97 Å². The lowest BCUT2D eigenvalue weighted by molar-refractivity contribution is -0.137. The zero-order valence-electron chi connectivity index (χ0n) is 25.9. The lowest BCUT2D eigenvalue weighted by atomic mass is 9.98. The molecule has 0 spiro atoms. The molecule has 11 heteroatoms. The maximum atomic E-state index is 11.6. The number of thiol groups is 2. The number of nitrogens with zero attached hydrogens (tertiary/aromatic N) is 2. The van der Waals surface area contributed by atoms with Gasteiger partial charge in [0.05, 0.1) is 28.9 Å². The summed E-state index contributed by atoms with van der Waals surface area (Å²) in [6.07, 6.45) is -0.373. The zero-order chi connectivity index (χ0) is 32.7. The van der Waals surface area contributed by atoms with E-state index in [1.807, 2.05) is 58.9 Å². The highest BCUT2D eigenvalue weighted by Gasteiger charge is 2.24. The van der Waals surface area contributed by atoms with Gasteiger partial charge in [0.25, 0.3) is 0 Å². The maximum absolute atomic E-state index is 11.6. The van der Waals surface area contributed by atoms with Crippen LogP contribution in [0.3, 0.4) is 0 Å². The number of aromatic nitrogens is 4. The molecule has 5 rings (SSSR count). The van der Waals surface area contributed by atoms with Crippen LogP contribution in [0.1, 0.15) is 103 Å². The van der Waals surface area contributed by atoms with E-state index in [1.54, 1.807) is 0 Å². The van der Waals surface area contributed by atoms with Crippen molar-refractivity contribution in [3.63, 3.8) is 0 Å². The van der Waals surface area contributed by atoms with Gasteiger partial charge in [-0.2, -0.15) is 25.3 Å². The number of hydrogen-bond donors (Lipinski definition) is 7. The van der Waals surface area contributed by atoms with Crippen molar-refractivity contribution in [1.29, 1.82) is 0 Å². The summed E-state index contributed by atoms with van der Waals surface area (Å²) < 4.78 is 0. The number of fused-ring (bicyclic) bond motifs is 8. The number of hydrogen-bond acceptors (Lipinski definition) is 7. The second-order valence-electron chi connectivity index (χ2n) is 11.7. The van der Waals surface area contributed by atoms with Gasteiger partial charge in [0, 0.05) is 51.5 Å². The van der Waals surface area contributed by atoms with E-state index < -0.39 is 18.0 Å². The van der Waals surface area contributed by atoms with E-state index in [9.17, 15) is 24.9 Å². The van der Waals surface area contributed by atoms with E-state index >= 15 is 0 Å². The van der Waals surface area contributed by atoms with E-state index in [1.165, 1.54) is 0 Å². The van der Waals surface area contributed by atoms with Crippen molar-refractivity contribution in [2.24, 2.45) is 0 Å². The van der Waals surface area contributed by atoms with Crippen molar-refractivity contribution < 1.29 is 24.9 Å². The first-order chi connectivity index (χ1) is 21.3. The largest absolute Gasteiger partial charge is 0.481 e. The number of carboxylic acid groups (broad SMARTS) is 2. The Kier molecular flexibility index (Phi) is 9.34. The minimum atomic E-state index is -0.910. The molecule has 5 heterocycles. The van der Waals surface area contributed by atoms with Crippen LogP contribution in [0.15, 0.2) is 24.3 Å². The molecule has 3 aromatic heterocycles. The van der Waals surface area contributed by atoms with Gasteiger partial charge in [-0.05, 0) is 111 Å². The fraction of sp³-hybridized carbons (Fsp3) is 0.353. The summed E-state index contributed by atoms with van der Waals surface area (Å²) >= 11 is 9.18. The molecule has 0 aliphatic carbocycles. The number of aliphatic carboxylic acids is 2. The Labute approximate surface area is 272 Å². The molecule has 2 unspecified atom stereocenters. The first-order valence-electron chi connectivity index (χ1n) is 14.9. The van der Waals surface area contributed by atoms with E-state index in [0.29, 0.717) is 22.8 Å². The van der Waals surface area contributed by atoms with Crippen molar-refractivity contribution in [1.82, 2.24) is 19.9 Å². The van der Waals surface area contributed by atoms with Gasteiger partial charge in [0.15, 0.2) is 0 Å². The Morgan fingerprint density at radius 2 is 1.18 bits per heavy atom. The topological polar surface area (TPSA) is 152 Å². The van der Waals surface area contributed by atoms with Gasteiger partial charge in [-0.3, -0.25) is 9.59 Å². The lowest BCUT2D eigenvalue weighted by Crippen LogP contribution is -1.99. The number of aromatic amines is 2. The summed E-state index contributed by atoms with van der Waals surface area (Å²) in [5.74, 6) is -1.57. The summed E-state index contributed by atoms with van der Waals surface area (Å²) in [4.78, 5) is 40.2. The standard InChI is InChI=1S/C34H38N4O5S2/c1-15-20(6-8-31(40)41)26-13-27-21(7-9-32(42)43)16(2)23(36-27)11-28-33(19(5)45)17(3)25(37-28)12-29-34(30(39)14-44)18(4)24(38-29)10-22(15)35-26/h10-13,19,30,37-39,44-45H,6-9,14H2,1-5H3,(H,40,41)(H,42,43). The molecule has 0 radical (unpaired) electrons. The molecule has 0 amide bonds. The van der Waals surface area contributed by atoms with Crippen molar-refractivity contribution in [3.05, 3.63) is 69.3 Å². The molecule has 2 aliphatic heterocycles. The predicted octanol–water partition coefficient (Wildman–Crippen LogP) is 7.48. The minimum absolute atomic E-state index is 0.0560. The van der Waals surface area contributed by atoms with E-state index in [4.69, 9.17) is 22.6 Å². The Hall–Kier alpha value is -3.80. The molecule has 8 bridgehead atoms. The van der Waals surface area contributed by atoms with Crippen LogP contribution in [-0.2, 0) is 9.59 Å². The number of H-pyrrole nitrogens is 2. The van der Waals surface area contributed by atoms with Gasteiger partial charge < -0.3 is 25.3 Å². The molecule has 0 saturated carbocycles. The molecule has 9 nitrogen and oxygen atoms in total. The highest BCUT2D eigenvalue weighted by atomic mass is 32.1. The molecule has 0 fully saturated rings. The van der Waals surface area contributed by atoms with Crippen LogP contribution < -0.4 is 0 Å². The Balaban J connectivity index is 1.95. The van der Waals surface area contributed by atoms with Crippen molar-refractivity contribution in [2.75, 3.05) is 5.75 Å². The zero-order valence-corrected chi connectivity index (χ0v) is 27.7. The van der Waals surface area contributed by atoms with Crippen LogP contribution in [0.5, 0.6) is 0 Å². The second kappa shape index (κ2) is 12.9. The Bertz CT molecular complexity index is 1950. The van der Waals surface area contributed by atoms with Crippen molar-refractivity contribution in [3.8, 4) is 0 Å². The molecule has 5 N–H and O–H groups in total. The summed E-state index contributed by atoms with van der Waals surface area (Å²) in [6.45, 7) is 9.85. The Morgan fingerprint density at radius 1 is 0.733 bits per heavy atom. The van der Waals surface area contributed by atoms with Crippen LogP contribution in [0, 0.1) is 13.8 Å². The third kappa shape index (κ3) is 6.34. The molecule has 0 aromatic carbocycles. The lowest BCUT2D eigenvalue weighted by Gasteiger charge is -2.07. The van der Waals surface area contributed by atoms with Gasteiger partial charge in [-0.15, -0.1) is 0 Å². The normalized spacial score (nSPS) is 14.7. The fourth-order valence-electron chi connectivity index (χ4n) is 6.30. The summed E-state index contributed by atoms with van der Waals surface area (Å²) in [7, 11) is 0. The minimum Gasteiger partial charge on any atom is -0.481 e. The summed E-state index contributed by atoms with van der Waals surface area (Å²) in [5, 5.41) is 29.9. The number of allylic oxidation sites excluding steroid dienone is 4. The highest BCUT2D eigenvalue weighted by molar-refractivity contribution is 7.80. The van der Waals surface area contributed by atoms with Gasteiger partial charge in [0.2, 0.25) is 0 Å². The third-order valence-electron chi connectivity index (χ3n) is 8.73. The number of rotatable bonds is 9. The van der Waals surface area contributed by atoms with Crippen LogP contribution >= 0.6 is 25.3 Å². The fourth-order valence-corrected chi connectivity index (χ4v) is 6.81. The molecule has 2 aliphatic rings. The van der Waals surface area contributed by atoms with Gasteiger partial charge in [-0.1, -0.05) is 0 Å². The first kappa shape index (κ1) is 32.6. The van der Waals surface area contributed by atoms with E-state index in [0.717, 1.165) is 66.6 Å². The van der Waals surface area contributed by atoms with Gasteiger partial charge in [0.1, 0.15) is 0 Å². The van der Waals surface area contributed by atoms with Crippen LogP contribution in [0.2, 0.25) is 0 Å². The molecular weight excluding hydrogens is 609 g/mol. The molecule has 3 aromatic rings. The molecule has 236 valence electrons. The molecule has 2 atom stereocenters. The third-order valence-corrected chi connectivity index (χ3v) is 9.34. The monoisotopic (exact) mass is 646 g/mol. The van der Waals surface area contributed by atoms with Crippen molar-refractivity contribution in [2.45, 2.75) is 71.7 Å². The highest BCUT2D eigenvalue weighted by Crippen LogP contribution is 2.39. The Morgan fingerprint density at radius 3 is 1.64 bits per heavy atom. The number of carbonyl (C=O) groups is 2. The van der Waals surface area contributed by atoms with Gasteiger partial charge >= 0.3 is 11.9 Å². The number of nitrogens with one attached hydrogen (secondary N) is 2. The number of carboxylic acids is 2. The second-order valence-corrected chi connectivity index (χ2v) is 12.8. The molecule has 0 saturated heterocycles. The molecular formula is C34H38N4O5S2. The first-order valence-corrected chi connectivity index (χ1v) is 16.0. The average Bonchev–Trinajstić information content (AvgIpc) is 3.63. The van der Waals surface area contributed by atoms with E-state index in [2.05, 4.69) is 22.6 Å². The molecule has 45 heavy (non-hydrogen) atoms. The quantitative estimate of drug-likeness (QED) is 0.119. The summed E-state index contributed by atoms with van der Waals surface area (Å²) in [6, 6.07) is 7.73. The summed E-state index contributed by atoms with van der Waals surface area (Å²) in [5.41, 5.74) is 12.7. The average molecular weight is 647 g/mol. The maximum Gasteiger partial charge on any atom is 0.303 e. The predicted molar refractivity (Wildman–Crippen MR) is 185 cm³/mol. The SMILES string of the molecule is CC1=C(CCC(=O)O)c2cc3nc(cc4[nH]c(cc5[nH]c(cc1n2)c(C)c5C(O)CS)c(C)c4C(C)S)C(C)=C3CCC(=O)O. The number of aliphatic hydroxyl groups excluding tert-OH is 1. The smallest absolute Gasteiger partial charge is 0.303 e. The number of aryl methyl sites for hydroxylation is 2. The van der Waals surface area contributed by atoms with Crippen LogP contribution in [-0.4, -0.2) is 52.9 Å². The van der Waals surface area contributed by atoms with E-state index in [-0.39, 0.29) is 36.7 Å².